The number of amides is 2. The van der Waals surface area contributed by atoms with Gasteiger partial charge in [0.05, 0.1) is 6.54 Å². The van der Waals surface area contributed by atoms with Crippen LogP contribution in [0.15, 0.2) is 4.42 Å². The molecule has 0 aliphatic carbocycles. The molecule has 8 nitrogen and oxygen atoms in total. The molecule has 11 heteroatoms. The van der Waals surface area contributed by atoms with Crippen LogP contribution in [0.3, 0.4) is 0 Å². The number of piperidine rings is 1. The molecule has 0 aromatic carbocycles. The van der Waals surface area contributed by atoms with Crippen LogP contribution in [0, 0.1) is 12.8 Å². The third-order valence-electron chi connectivity index (χ3n) is 4.98. The van der Waals surface area contributed by atoms with Gasteiger partial charge in [0.25, 0.3) is 0 Å². The van der Waals surface area contributed by atoms with Crippen molar-refractivity contribution in [2.24, 2.45) is 5.92 Å². The normalized spacial score (nSPS) is 20.1. The highest BCUT2D eigenvalue weighted by atomic mass is 19.4. The number of halogens is 3. The topological polar surface area (TPSA) is 82.8 Å². The number of carbonyl (C=O) groups is 2. The van der Waals surface area contributed by atoms with Crippen LogP contribution < -0.4 is 0 Å². The van der Waals surface area contributed by atoms with E-state index in [9.17, 15) is 22.8 Å². The maximum absolute atomic E-state index is 12.6. The molecule has 1 aromatic rings. The summed E-state index contributed by atoms with van der Waals surface area (Å²) in [6, 6.07) is 0. The summed E-state index contributed by atoms with van der Waals surface area (Å²) in [5.41, 5.74) is 0. The number of nitrogens with zero attached hydrogens (tertiary/aromatic N) is 5. The summed E-state index contributed by atoms with van der Waals surface area (Å²) in [5, 5.41) is 7.74. The number of piperazine rings is 1. The van der Waals surface area contributed by atoms with Crippen LogP contribution in [-0.2, 0) is 16.1 Å². The van der Waals surface area contributed by atoms with E-state index < -0.39 is 12.1 Å². The number of rotatable bonds is 3. The SMILES string of the molecule is Cc1nnc(CN2CCN(C(=O)C3CCN(C(=O)C(F)(F)F)CC3)CC2)o1. The lowest BCUT2D eigenvalue weighted by molar-refractivity contribution is -0.187. The van der Waals surface area contributed by atoms with E-state index in [1.807, 2.05) is 0 Å². The van der Waals surface area contributed by atoms with E-state index in [0.29, 0.717) is 44.5 Å². The molecular formula is C16H22F3N5O3. The first kappa shape index (κ1) is 19.6. The second-order valence-corrected chi connectivity index (χ2v) is 6.88. The Bertz CT molecular complexity index is 677. The highest BCUT2D eigenvalue weighted by Crippen LogP contribution is 2.25. The van der Waals surface area contributed by atoms with Gasteiger partial charge in [-0.2, -0.15) is 13.2 Å². The summed E-state index contributed by atoms with van der Waals surface area (Å²) < 4.78 is 42.8. The average molecular weight is 389 g/mol. The van der Waals surface area contributed by atoms with Crippen molar-refractivity contribution in [3.8, 4) is 0 Å². The minimum Gasteiger partial charge on any atom is -0.424 e. The standard InChI is InChI=1S/C16H22F3N5O3/c1-11-20-21-13(27-11)10-22-6-8-23(9-7-22)14(25)12-2-4-24(5-3-12)15(26)16(17,18)19/h12H,2-10H2,1H3. The Balaban J connectivity index is 1.44. The number of alkyl halides is 3. The quantitative estimate of drug-likeness (QED) is 0.761. The van der Waals surface area contributed by atoms with Gasteiger partial charge in [-0.3, -0.25) is 14.5 Å². The molecule has 0 bridgehead atoms. The van der Waals surface area contributed by atoms with Crippen LogP contribution in [0.25, 0.3) is 0 Å². The predicted molar refractivity (Wildman–Crippen MR) is 86.3 cm³/mol. The lowest BCUT2D eigenvalue weighted by atomic mass is 9.95. The molecule has 0 radical (unpaired) electrons. The summed E-state index contributed by atoms with van der Waals surface area (Å²) in [6.45, 7) is 4.61. The third-order valence-corrected chi connectivity index (χ3v) is 4.98. The number of hydrogen-bond donors (Lipinski definition) is 0. The van der Waals surface area contributed by atoms with Crippen molar-refractivity contribution < 1.29 is 27.2 Å². The van der Waals surface area contributed by atoms with Gasteiger partial charge in [0.2, 0.25) is 17.7 Å². The highest BCUT2D eigenvalue weighted by molar-refractivity contribution is 5.83. The zero-order valence-corrected chi connectivity index (χ0v) is 15.0. The van der Waals surface area contributed by atoms with Crippen LogP contribution in [0.2, 0.25) is 0 Å². The van der Waals surface area contributed by atoms with Crippen LogP contribution in [-0.4, -0.2) is 82.2 Å². The van der Waals surface area contributed by atoms with Crippen molar-refractivity contribution in [1.82, 2.24) is 24.9 Å². The molecule has 150 valence electrons. The Morgan fingerprint density at radius 1 is 1.04 bits per heavy atom. The van der Waals surface area contributed by atoms with Crippen molar-refractivity contribution in [2.45, 2.75) is 32.5 Å². The van der Waals surface area contributed by atoms with E-state index in [0.717, 1.165) is 4.90 Å². The van der Waals surface area contributed by atoms with Gasteiger partial charge in [0.15, 0.2) is 0 Å². The lowest BCUT2D eigenvalue weighted by Crippen LogP contribution is -2.52. The molecule has 2 amide bonds. The van der Waals surface area contributed by atoms with Crippen molar-refractivity contribution >= 4 is 11.8 Å². The lowest BCUT2D eigenvalue weighted by Gasteiger charge is -2.38. The van der Waals surface area contributed by atoms with Crippen LogP contribution in [0.4, 0.5) is 13.2 Å². The molecule has 0 spiro atoms. The summed E-state index contributed by atoms with van der Waals surface area (Å²) in [4.78, 5) is 28.6. The predicted octanol–water partition coefficient (Wildman–Crippen LogP) is 0.823. The Hall–Kier alpha value is -2.17. The molecule has 3 rings (SSSR count). The average Bonchev–Trinajstić information content (AvgIpc) is 3.05. The first-order chi connectivity index (χ1) is 12.7. The van der Waals surface area contributed by atoms with Gasteiger partial charge in [-0.1, -0.05) is 0 Å². The van der Waals surface area contributed by atoms with Crippen molar-refractivity contribution in [3.63, 3.8) is 0 Å². The number of hydrogen-bond acceptors (Lipinski definition) is 6. The maximum atomic E-state index is 12.6. The molecule has 0 unspecified atom stereocenters. The monoisotopic (exact) mass is 389 g/mol. The van der Waals surface area contributed by atoms with E-state index >= 15 is 0 Å². The Morgan fingerprint density at radius 2 is 1.67 bits per heavy atom. The minimum atomic E-state index is -4.86. The minimum absolute atomic E-state index is 0.0365. The molecule has 0 N–H and O–H groups in total. The summed E-state index contributed by atoms with van der Waals surface area (Å²) >= 11 is 0. The zero-order chi connectivity index (χ0) is 19.6. The molecule has 0 saturated carbocycles. The molecule has 0 atom stereocenters. The molecule has 2 aliphatic heterocycles. The zero-order valence-electron chi connectivity index (χ0n) is 15.0. The fourth-order valence-electron chi connectivity index (χ4n) is 3.49. The molecule has 2 aliphatic rings. The van der Waals surface area contributed by atoms with Crippen LogP contribution >= 0.6 is 0 Å². The van der Waals surface area contributed by atoms with Crippen LogP contribution in [0.5, 0.6) is 0 Å². The van der Waals surface area contributed by atoms with E-state index in [4.69, 9.17) is 4.42 Å². The van der Waals surface area contributed by atoms with Gasteiger partial charge in [-0.05, 0) is 12.8 Å². The Labute approximate surface area is 154 Å². The fourth-order valence-corrected chi connectivity index (χ4v) is 3.49. The van der Waals surface area contributed by atoms with Crippen molar-refractivity contribution in [3.05, 3.63) is 11.8 Å². The van der Waals surface area contributed by atoms with Gasteiger partial charge in [-0.15, -0.1) is 10.2 Å². The summed E-state index contributed by atoms with van der Waals surface area (Å²) in [6.07, 6.45) is -4.33. The molecule has 3 heterocycles. The molecule has 1 aromatic heterocycles. The first-order valence-electron chi connectivity index (χ1n) is 8.90. The van der Waals surface area contributed by atoms with E-state index in [-0.39, 0.29) is 37.8 Å². The molecule has 2 saturated heterocycles. The van der Waals surface area contributed by atoms with Gasteiger partial charge in [-0.25, -0.2) is 0 Å². The third kappa shape index (κ3) is 4.76. The number of likely N-dealkylation sites (tertiary alicyclic amines) is 1. The first-order valence-corrected chi connectivity index (χ1v) is 8.90. The van der Waals surface area contributed by atoms with E-state index in [1.165, 1.54) is 0 Å². The number of aryl methyl sites for hydroxylation is 1. The smallest absolute Gasteiger partial charge is 0.424 e. The van der Waals surface area contributed by atoms with Crippen molar-refractivity contribution in [1.29, 1.82) is 0 Å². The summed E-state index contributed by atoms with van der Waals surface area (Å²) in [5.74, 6) is -1.14. The number of carbonyl (C=O) groups excluding carboxylic acids is 2. The summed E-state index contributed by atoms with van der Waals surface area (Å²) in [7, 11) is 0. The Morgan fingerprint density at radius 3 is 2.19 bits per heavy atom. The second kappa shape index (κ2) is 7.83. The molecular weight excluding hydrogens is 367 g/mol. The molecule has 2 fully saturated rings. The fraction of sp³-hybridized carbons (Fsp3) is 0.750. The van der Waals surface area contributed by atoms with Gasteiger partial charge >= 0.3 is 12.1 Å². The van der Waals surface area contributed by atoms with Gasteiger partial charge < -0.3 is 14.2 Å². The van der Waals surface area contributed by atoms with Gasteiger partial charge in [0.1, 0.15) is 0 Å². The molecule has 27 heavy (non-hydrogen) atoms. The maximum Gasteiger partial charge on any atom is 0.471 e. The van der Waals surface area contributed by atoms with Crippen molar-refractivity contribution in [2.75, 3.05) is 39.3 Å². The number of aromatic nitrogens is 2. The van der Waals surface area contributed by atoms with E-state index in [2.05, 4.69) is 15.1 Å². The highest BCUT2D eigenvalue weighted by Gasteiger charge is 2.44. The Kier molecular flexibility index (Phi) is 5.68. The largest absolute Gasteiger partial charge is 0.471 e. The van der Waals surface area contributed by atoms with Crippen LogP contribution in [0.1, 0.15) is 24.6 Å². The second-order valence-electron chi connectivity index (χ2n) is 6.88. The van der Waals surface area contributed by atoms with Gasteiger partial charge in [0, 0.05) is 52.1 Å². The van der Waals surface area contributed by atoms with E-state index in [1.54, 1.807) is 11.8 Å².